The van der Waals surface area contributed by atoms with Gasteiger partial charge in [0.25, 0.3) is 5.91 Å². The fraction of sp³-hybridized carbons (Fsp3) is 0.429. The zero-order valence-electron chi connectivity index (χ0n) is 11.4. The van der Waals surface area contributed by atoms with Gasteiger partial charge in [0.05, 0.1) is 7.11 Å². The fourth-order valence-electron chi connectivity index (χ4n) is 1.71. The Morgan fingerprint density at radius 3 is 2.37 bits per heavy atom. The molecule has 0 heterocycles. The maximum absolute atomic E-state index is 12.3. The number of methoxy groups -OCH3 is 1. The van der Waals surface area contributed by atoms with Gasteiger partial charge in [0, 0.05) is 18.7 Å². The van der Waals surface area contributed by atoms with E-state index >= 15 is 0 Å². The molecule has 0 spiro atoms. The minimum Gasteiger partial charge on any atom is -0.468 e. The lowest BCUT2D eigenvalue weighted by atomic mass is 10.1. The van der Waals surface area contributed by atoms with E-state index in [0.717, 1.165) is 12.0 Å². The van der Waals surface area contributed by atoms with E-state index in [-0.39, 0.29) is 12.5 Å². The fourth-order valence-corrected chi connectivity index (χ4v) is 1.71. The van der Waals surface area contributed by atoms with Crippen molar-refractivity contribution in [2.45, 2.75) is 19.9 Å². The van der Waals surface area contributed by atoms with Crippen LogP contribution < -0.4 is 5.73 Å². The number of nitrogens with two attached hydrogens (primary N) is 1. The lowest BCUT2D eigenvalue weighted by Gasteiger charge is -2.20. The van der Waals surface area contributed by atoms with E-state index in [2.05, 4.69) is 4.74 Å². The SMILES string of the molecule is CCCN(CC(=O)OC)C(=O)c1ccc(CN)cc1. The quantitative estimate of drug-likeness (QED) is 0.783. The molecule has 5 heteroatoms. The van der Waals surface area contributed by atoms with E-state index in [4.69, 9.17) is 5.73 Å². The Hall–Kier alpha value is -1.88. The molecule has 1 aromatic rings. The highest BCUT2D eigenvalue weighted by Crippen LogP contribution is 2.08. The summed E-state index contributed by atoms with van der Waals surface area (Å²) in [6, 6.07) is 7.08. The minimum atomic E-state index is -0.416. The van der Waals surface area contributed by atoms with Gasteiger partial charge in [-0.25, -0.2) is 0 Å². The highest BCUT2D eigenvalue weighted by molar-refractivity contribution is 5.96. The number of benzene rings is 1. The second-order valence-corrected chi connectivity index (χ2v) is 4.20. The first-order valence-electron chi connectivity index (χ1n) is 6.27. The summed E-state index contributed by atoms with van der Waals surface area (Å²) in [5, 5.41) is 0. The van der Waals surface area contributed by atoms with Crippen molar-refractivity contribution in [2.24, 2.45) is 5.73 Å². The standard InChI is InChI=1S/C14H20N2O3/c1-3-8-16(10-13(17)19-2)14(18)12-6-4-11(9-15)5-7-12/h4-7H,3,8-10,15H2,1-2H3. The van der Waals surface area contributed by atoms with Crippen LogP contribution in [0.25, 0.3) is 0 Å². The number of carbonyl (C=O) groups excluding carboxylic acids is 2. The first-order chi connectivity index (χ1) is 9.12. The molecule has 1 aromatic carbocycles. The Kier molecular flexibility index (Phi) is 6.02. The van der Waals surface area contributed by atoms with Crippen molar-refractivity contribution in [1.29, 1.82) is 0 Å². The molecule has 1 rings (SSSR count). The van der Waals surface area contributed by atoms with Crippen molar-refractivity contribution in [3.63, 3.8) is 0 Å². The van der Waals surface area contributed by atoms with Crippen LogP contribution >= 0.6 is 0 Å². The number of rotatable bonds is 6. The van der Waals surface area contributed by atoms with Crippen LogP contribution in [-0.2, 0) is 16.1 Å². The van der Waals surface area contributed by atoms with Crippen molar-refractivity contribution in [2.75, 3.05) is 20.2 Å². The van der Waals surface area contributed by atoms with E-state index < -0.39 is 5.97 Å². The van der Waals surface area contributed by atoms with Crippen LogP contribution in [0.1, 0.15) is 29.3 Å². The number of esters is 1. The third-order valence-electron chi connectivity index (χ3n) is 2.76. The normalized spacial score (nSPS) is 10.1. The predicted octanol–water partition coefficient (Wildman–Crippen LogP) is 1.17. The molecule has 1 amide bonds. The van der Waals surface area contributed by atoms with Gasteiger partial charge in [-0.15, -0.1) is 0 Å². The van der Waals surface area contributed by atoms with Crippen molar-refractivity contribution >= 4 is 11.9 Å². The Morgan fingerprint density at radius 1 is 1.26 bits per heavy atom. The number of ether oxygens (including phenoxy) is 1. The van der Waals surface area contributed by atoms with E-state index in [1.807, 2.05) is 19.1 Å². The number of carbonyl (C=O) groups is 2. The summed E-state index contributed by atoms with van der Waals surface area (Å²) in [7, 11) is 1.31. The molecular weight excluding hydrogens is 244 g/mol. The Morgan fingerprint density at radius 2 is 1.89 bits per heavy atom. The highest BCUT2D eigenvalue weighted by atomic mass is 16.5. The summed E-state index contributed by atoms with van der Waals surface area (Å²) >= 11 is 0. The first kappa shape index (κ1) is 15.2. The topological polar surface area (TPSA) is 72.6 Å². The number of hydrogen-bond donors (Lipinski definition) is 1. The van der Waals surface area contributed by atoms with Crippen LogP contribution in [0.2, 0.25) is 0 Å². The second-order valence-electron chi connectivity index (χ2n) is 4.20. The molecule has 104 valence electrons. The summed E-state index contributed by atoms with van der Waals surface area (Å²) in [6.07, 6.45) is 0.781. The monoisotopic (exact) mass is 264 g/mol. The first-order valence-corrected chi connectivity index (χ1v) is 6.27. The molecule has 0 aliphatic rings. The molecule has 0 saturated heterocycles. The average Bonchev–Trinajstić information content (AvgIpc) is 2.46. The molecule has 0 fully saturated rings. The van der Waals surface area contributed by atoms with Gasteiger partial charge >= 0.3 is 5.97 Å². The van der Waals surface area contributed by atoms with Crippen LogP contribution in [0.15, 0.2) is 24.3 Å². The summed E-state index contributed by atoms with van der Waals surface area (Å²) in [5.74, 6) is -0.587. The molecule has 0 bridgehead atoms. The van der Waals surface area contributed by atoms with Crippen molar-refractivity contribution in [1.82, 2.24) is 4.90 Å². The van der Waals surface area contributed by atoms with E-state index in [9.17, 15) is 9.59 Å². The Labute approximate surface area is 113 Å². The van der Waals surface area contributed by atoms with Crippen LogP contribution in [-0.4, -0.2) is 37.0 Å². The number of nitrogens with zero attached hydrogens (tertiary/aromatic N) is 1. The van der Waals surface area contributed by atoms with Crippen LogP contribution in [0, 0.1) is 0 Å². The van der Waals surface area contributed by atoms with Gasteiger partial charge in [0.15, 0.2) is 0 Å². The third kappa shape index (κ3) is 4.37. The number of amides is 1. The van der Waals surface area contributed by atoms with Crippen molar-refractivity contribution in [3.8, 4) is 0 Å². The average molecular weight is 264 g/mol. The molecule has 2 N–H and O–H groups in total. The third-order valence-corrected chi connectivity index (χ3v) is 2.76. The molecule has 0 saturated carbocycles. The van der Waals surface area contributed by atoms with Gasteiger partial charge in [-0.3, -0.25) is 9.59 Å². The molecule has 0 unspecified atom stereocenters. The lowest BCUT2D eigenvalue weighted by molar-refractivity contribution is -0.141. The Balaban J connectivity index is 2.82. The number of hydrogen-bond acceptors (Lipinski definition) is 4. The zero-order chi connectivity index (χ0) is 14.3. The highest BCUT2D eigenvalue weighted by Gasteiger charge is 2.18. The second kappa shape index (κ2) is 7.53. The summed E-state index contributed by atoms with van der Waals surface area (Å²) in [5.41, 5.74) is 7.03. The van der Waals surface area contributed by atoms with Gasteiger partial charge in [0.2, 0.25) is 0 Å². The van der Waals surface area contributed by atoms with Crippen molar-refractivity contribution in [3.05, 3.63) is 35.4 Å². The maximum atomic E-state index is 12.3. The molecule has 0 aliphatic heterocycles. The molecule has 0 aliphatic carbocycles. The van der Waals surface area contributed by atoms with E-state index in [1.165, 1.54) is 12.0 Å². The van der Waals surface area contributed by atoms with E-state index in [1.54, 1.807) is 12.1 Å². The van der Waals surface area contributed by atoms with Gasteiger partial charge in [0.1, 0.15) is 6.54 Å². The molecule has 0 aromatic heterocycles. The molecule has 19 heavy (non-hydrogen) atoms. The zero-order valence-corrected chi connectivity index (χ0v) is 11.4. The van der Waals surface area contributed by atoms with Gasteiger partial charge in [-0.05, 0) is 24.1 Å². The van der Waals surface area contributed by atoms with E-state index in [0.29, 0.717) is 18.7 Å². The maximum Gasteiger partial charge on any atom is 0.325 e. The Bertz CT molecular complexity index is 429. The summed E-state index contributed by atoms with van der Waals surface area (Å²) in [4.78, 5) is 25.1. The molecule has 0 atom stereocenters. The molecular formula is C14H20N2O3. The van der Waals surface area contributed by atoms with Crippen LogP contribution in [0.3, 0.4) is 0 Å². The van der Waals surface area contributed by atoms with Crippen LogP contribution in [0.4, 0.5) is 0 Å². The summed E-state index contributed by atoms with van der Waals surface area (Å²) < 4.78 is 4.60. The summed E-state index contributed by atoms with van der Waals surface area (Å²) in [6.45, 7) is 2.89. The van der Waals surface area contributed by atoms with Gasteiger partial charge in [-0.2, -0.15) is 0 Å². The predicted molar refractivity (Wildman–Crippen MR) is 72.5 cm³/mol. The molecule has 5 nitrogen and oxygen atoms in total. The van der Waals surface area contributed by atoms with Gasteiger partial charge in [-0.1, -0.05) is 19.1 Å². The lowest BCUT2D eigenvalue weighted by Crippen LogP contribution is -2.36. The van der Waals surface area contributed by atoms with Gasteiger partial charge < -0.3 is 15.4 Å². The smallest absolute Gasteiger partial charge is 0.325 e. The molecule has 0 radical (unpaired) electrons. The minimum absolute atomic E-state index is 0.0260. The van der Waals surface area contributed by atoms with Crippen LogP contribution in [0.5, 0.6) is 0 Å². The van der Waals surface area contributed by atoms with Crippen molar-refractivity contribution < 1.29 is 14.3 Å². The largest absolute Gasteiger partial charge is 0.468 e.